The minimum Gasteiger partial charge on any atom is -0.452 e. The summed E-state index contributed by atoms with van der Waals surface area (Å²) >= 11 is 1.68. The van der Waals surface area contributed by atoms with Crippen LogP contribution in [0.2, 0.25) is 0 Å². The van der Waals surface area contributed by atoms with E-state index < -0.39 is 5.97 Å². The van der Waals surface area contributed by atoms with Gasteiger partial charge in [0.25, 0.3) is 5.91 Å². The molecule has 0 unspecified atom stereocenters. The predicted octanol–water partition coefficient (Wildman–Crippen LogP) is 6.84. The van der Waals surface area contributed by atoms with Gasteiger partial charge >= 0.3 is 5.97 Å². The summed E-state index contributed by atoms with van der Waals surface area (Å²) in [6.07, 6.45) is 5.55. The van der Waals surface area contributed by atoms with Crippen LogP contribution >= 0.6 is 11.3 Å². The molecule has 0 saturated carbocycles. The van der Waals surface area contributed by atoms with Crippen molar-refractivity contribution in [3.05, 3.63) is 92.8 Å². The van der Waals surface area contributed by atoms with Gasteiger partial charge in [-0.3, -0.25) is 4.79 Å². The van der Waals surface area contributed by atoms with E-state index in [-0.39, 0.29) is 12.5 Å². The Hall–Kier alpha value is -3.77. The molecule has 5 rings (SSSR count). The van der Waals surface area contributed by atoms with Gasteiger partial charge in [0, 0.05) is 16.0 Å². The number of pyridine rings is 1. The molecule has 182 valence electrons. The normalized spacial score (nSPS) is 14.0. The Balaban J connectivity index is 1.44. The molecular formula is C30H28N2O3S. The van der Waals surface area contributed by atoms with Gasteiger partial charge in [0.2, 0.25) is 0 Å². The van der Waals surface area contributed by atoms with Crippen LogP contribution in [0, 0.1) is 6.92 Å². The van der Waals surface area contributed by atoms with E-state index in [1.54, 1.807) is 11.3 Å². The topological polar surface area (TPSA) is 68.3 Å². The first kappa shape index (κ1) is 23.9. The summed E-state index contributed by atoms with van der Waals surface area (Å²) in [7, 11) is 0. The zero-order valence-corrected chi connectivity index (χ0v) is 21.3. The average molecular weight is 497 g/mol. The van der Waals surface area contributed by atoms with Crippen molar-refractivity contribution in [3.8, 4) is 0 Å². The molecule has 0 bridgehead atoms. The number of fused-ring (bicyclic) bond motifs is 2. The largest absolute Gasteiger partial charge is 0.452 e. The van der Waals surface area contributed by atoms with Gasteiger partial charge < -0.3 is 10.1 Å². The summed E-state index contributed by atoms with van der Waals surface area (Å²) in [6, 6.07) is 17.7. The van der Waals surface area contributed by atoms with E-state index in [9.17, 15) is 9.59 Å². The minimum absolute atomic E-state index is 0.348. The number of carbonyl (C=O) groups is 2. The minimum atomic E-state index is -0.488. The van der Waals surface area contributed by atoms with Gasteiger partial charge in [-0.15, -0.1) is 11.3 Å². The molecule has 0 fully saturated rings. The molecule has 1 aliphatic carbocycles. The van der Waals surface area contributed by atoms with Crippen LogP contribution in [0.1, 0.15) is 57.4 Å². The van der Waals surface area contributed by atoms with Crippen molar-refractivity contribution >= 4 is 51.5 Å². The number of nitrogens with zero attached hydrogens (tertiary/aromatic N) is 1. The quantitative estimate of drug-likeness (QED) is 0.297. The molecule has 2 heterocycles. The molecule has 5 nitrogen and oxygen atoms in total. The number of esters is 1. The summed E-state index contributed by atoms with van der Waals surface area (Å²) in [6.45, 7) is 3.65. The highest BCUT2D eigenvalue weighted by Gasteiger charge is 2.26. The monoisotopic (exact) mass is 496 g/mol. The van der Waals surface area contributed by atoms with Crippen molar-refractivity contribution in [2.24, 2.45) is 0 Å². The lowest BCUT2D eigenvalue weighted by Gasteiger charge is -2.22. The van der Waals surface area contributed by atoms with Crippen LogP contribution in [0.3, 0.4) is 0 Å². The van der Waals surface area contributed by atoms with Gasteiger partial charge in [0.05, 0.1) is 16.8 Å². The van der Waals surface area contributed by atoms with Crippen molar-refractivity contribution in [1.82, 2.24) is 4.98 Å². The molecule has 0 atom stereocenters. The van der Waals surface area contributed by atoms with Crippen molar-refractivity contribution in [2.45, 2.75) is 39.5 Å². The summed E-state index contributed by atoms with van der Waals surface area (Å²) in [5.74, 6) is -0.837. The maximum atomic E-state index is 13.5. The molecule has 0 saturated heterocycles. The van der Waals surface area contributed by atoms with E-state index >= 15 is 0 Å². The van der Waals surface area contributed by atoms with Gasteiger partial charge in [-0.2, -0.15) is 0 Å². The van der Waals surface area contributed by atoms with Gasteiger partial charge in [-0.1, -0.05) is 49.4 Å². The second-order valence-electron chi connectivity index (χ2n) is 8.96. The molecule has 36 heavy (non-hydrogen) atoms. The molecule has 2 aromatic carbocycles. The molecule has 0 radical (unpaired) electrons. The van der Waals surface area contributed by atoms with Crippen LogP contribution in [0.25, 0.3) is 22.6 Å². The molecule has 0 spiro atoms. The van der Waals surface area contributed by atoms with Crippen LogP contribution in [-0.2, 0) is 22.4 Å². The predicted molar refractivity (Wildman–Crippen MR) is 146 cm³/mol. The lowest BCUT2D eigenvalue weighted by Crippen LogP contribution is -2.23. The van der Waals surface area contributed by atoms with Gasteiger partial charge in [0.15, 0.2) is 6.61 Å². The summed E-state index contributed by atoms with van der Waals surface area (Å²) in [4.78, 5) is 32.3. The first-order valence-electron chi connectivity index (χ1n) is 12.3. The summed E-state index contributed by atoms with van der Waals surface area (Å²) in [5, 5.41) is 5.74. The summed E-state index contributed by atoms with van der Waals surface area (Å²) in [5.41, 5.74) is 6.98. The maximum absolute atomic E-state index is 13.5. The first-order chi connectivity index (χ1) is 17.5. The van der Waals surface area contributed by atoms with Crippen LogP contribution in [-0.4, -0.2) is 23.5 Å². The molecule has 1 amide bonds. The Morgan fingerprint density at radius 2 is 1.94 bits per heavy atom. The second kappa shape index (κ2) is 10.5. The zero-order chi connectivity index (χ0) is 25.1. The number of hydrogen-bond donors (Lipinski definition) is 1. The van der Waals surface area contributed by atoms with Crippen molar-refractivity contribution in [2.75, 3.05) is 11.9 Å². The fourth-order valence-electron chi connectivity index (χ4n) is 4.83. The standard InChI is InChI=1S/C30H28N2O3S/c1-3-20-10-6-9-19(2)28(20)32-26(33)18-35-30(34)27-23-13-4-5-15-25(23)31-29-21(11-7-14-24(27)29)17-22-12-8-16-36-22/h4-6,8-10,12-13,15-17H,3,7,11,14,18H2,1-2H3,(H,32,33)/b21-17-. The maximum Gasteiger partial charge on any atom is 0.339 e. The van der Waals surface area contributed by atoms with Crippen LogP contribution in [0.15, 0.2) is 60.0 Å². The number of amides is 1. The van der Waals surface area contributed by atoms with Crippen molar-refractivity contribution in [3.63, 3.8) is 0 Å². The highest BCUT2D eigenvalue weighted by molar-refractivity contribution is 7.10. The van der Waals surface area contributed by atoms with Crippen molar-refractivity contribution in [1.29, 1.82) is 0 Å². The lowest BCUT2D eigenvalue weighted by molar-refractivity contribution is -0.119. The number of nitrogens with one attached hydrogen (secondary N) is 1. The Bertz CT molecular complexity index is 1470. The SMILES string of the molecule is CCc1cccc(C)c1NC(=O)COC(=O)c1c2c(nc3ccccc13)/C(=C\c1cccs1)CCC2. The molecule has 6 heteroatoms. The fourth-order valence-corrected chi connectivity index (χ4v) is 5.52. The van der Waals surface area contributed by atoms with Crippen molar-refractivity contribution < 1.29 is 14.3 Å². The first-order valence-corrected chi connectivity index (χ1v) is 13.1. The Labute approximate surface area is 214 Å². The number of aryl methyl sites for hydroxylation is 2. The fraction of sp³-hybridized carbons (Fsp3) is 0.233. The lowest BCUT2D eigenvalue weighted by atomic mass is 9.86. The number of para-hydroxylation sites is 2. The number of thiophene rings is 1. The number of anilines is 1. The molecule has 0 aliphatic heterocycles. The molecule has 1 N–H and O–H groups in total. The third-order valence-electron chi connectivity index (χ3n) is 6.57. The molecule has 2 aromatic heterocycles. The third kappa shape index (κ3) is 4.82. The Morgan fingerprint density at radius 3 is 2.75 bits per heavy atom. The highest BCUT2D eigenvalue weighted by atomic mass is 32.1. The Kier molecular flexibility index (Phi) is 6.96. The van der Waals surface area contributed by atoms with E-state index in [0.717, 1.165) is 75.1 Å². The number of benzene rings is 2. The second-order valence-corrected chi connectivity index (χ2v) is 9.94. The number of hydrogen-bond acceptors (Lipinski definition) is 5. The van der Waals surface area contributed by atoms with Crippen LogP contribution in [0.4, 0.5) is 5.69 Å². The van der Waals surface area contributed by atoms with E-state index in [0.29, 0.717) is 5.56 Å². The number of ether oxygens (including phenoxy) is 1. The summed E-state index contributed by atoms with van der Waals surface area (Å²) < 4.78 is 5.59. The average Bonchev–Trinajstić information content (AvgIpc) is 3.40. The van der Waals surface area contributed by atoms with E-state index in [2.05, 4.69) is 22.8 Å². The zero-order valence-electron chi connectivity index (χ0n) is 20.5. The number of rotatable bonds is 6. The van der Waals surface area contributed by atoms with Gasteiger partial charge in [-0.25, -0.2) is 9.78 Å². The van der Waals surface area contributed by atoms with E-state index in [4.69, 9.17) is 9.72 Å². The Morgan fingerprint density at radius 1 is 1.08 bits per heavy atom. The van der Waals surface area contributed by atoms with Gasteiger partial charge in [-0.05, 0) is 78.5 Å². The van der Waals surface area contributed by atoms with E-state index in [1.807, 2.05) is 62.4 Å². The smallest absolute Gasteiger partial charge is 0.339 e. The number of aromatic nitrogens is 1. The number of carbonyl (C=O) groups excluding carboxylic acids is 2. The third-order valence-corrected chi connectivity index (χ3v) is 7.39. The highest BCUT2D eigenvalue weighted by Crippen LogP contribution is 2.37. The van der Waals surface area contributed by atoms with Crippen LogP contribution < -0.4 is 5.32 Å². The number of allylic oxidation sites excluding steroid dienone is 1. The molecule has 1 aliphatic rings. The molecule has 4 aromatic rings. The van der Waals surface area contributed by atoms with Gasteiger partial charge in [0.1, 0.15) is 0 Å². The molecular weight excluding hydrogens is 468 g/mol. The van der Waals surface area contributed by atoms with Crippen LogP contribution in [0.5, 0.6) is 0 Å². The van der Waals surface area contributed by atoms with E-state index in [1.165, 1.54) is 0 Å².